The van der Waals surface area contributed by atoms with E-state index in [2.05, 4.69) is 21.2 Å². The van der Waals surface area contributed by atoms with E-state index in [9.17, 15) is 9.59 Å². The molecule has 3 aliphatic heterocycles. The molecule has 34 heavy (non-hydrogen) atoms. The zero-order valence-corrected chi connectivity index (χ0v) is 20.6. The Labute approximate surface area is 211 Å². The third-order valence-electron chi connectivity index (χ3n) is 6.84. The van der Waals surface area contributed by atoms with Gasteiger partial charge in [-0.15, -0.1) is 0 Å². The van der Waals surface area contributed by atoms with Gasteiger partial charge in [0, 0.05) is 23.0 Å². The molecule has 0 aliphatic carbocycles. The number of nitrogens with one attached hydrogen (secondary N) is 1. The first-order chi connectivity index (χ1) is 16.5. The quantitative estimate of drug-likeness (QED) is 0.510. The molecule has 0 aromatic heterocycles. The van der Waals surface area contributed by atoms with E-state index in [1.165, 1.54) is 5.01 Å². The van der Waals surface area contributed by atoms with Crippen molar-refractivity contribution in [2.75, 3.05) is 11.4 Å². The number of benzene rings is 3. The van der Waals surface area contributed by atoms with E-state index >= 15 is 0 Å². The van der Waals surface area contributed by atoms with E-state index in [1.54, 1.807) is 0 Å². The van der Waals surface area contributed by atoms with E-state index in [0.717, 1.165) is 26.9 Å². The first kappa shape index (κ1) is 21.5. The van der Waals surface area contributed by atoms with E-state index in [4.69, 9.17) is 12.2 Å². The second-order valence-electron chi connectivity index (χ2n) is 8.67. The fraction of sp³-hybridized carbons (Fsp3) is 0.192. The van der Waals surface area contributed by atoms with E-state index < -0.39 is 11.6 Å². The first-order valence-corrected chi connectivity index (χ1v) is 12.3. The van der Waals surface area contributed by atoms with Crippen LogP contribution in [0, 0.1) is 0 Å². The number of hydrazine groups is 1. The van der Waals surface area contributed by atoms with Crippen LogP contribution in [0.2, 0.25) is 0 Å². The molecule has 3 aromatic rings. The summed E-state index contributed by atoms with van der Waals surface area (Å²) in [5, 5.41) is 7.12. The van der Waals surface area contributed by atoms with Crippen LogP contribution in [-0.2, 0) is 21.7 Å². The fourth-order valence-corrected chi connectivity index (χ4v) is 6.30. The molecular formula is C26H21BrN4O2S. The number of hydrogen-bond donors (Lipinski definition) is 1. The number of thiocarbonyl (C=S) groups is 1. The van der Waals surface area contributed by atoms with Crippen LogP contribution in [0.3, 0.4) is 0 Å². The van der Waals surface area contributed by atoms with Crippen LogP contribution in [0.15, 0.2) is 83.3 Å². The normalized spacial score (nSPS) is 23.9. The van der Waals surface area contributed by atoms with Crippen LogP contribution in [0.25, 0.3) is 0 Å². The molecule has 3 heterocycles. The molecule has 2 atom stereocenters. The minimum absolute atomic E-state index is 0.0655. The highest BCUT2D eigenvalue weighted by Gasteiger charge is 2.63. The summed E-state index contributed by atoms with van der Waals surface area (Å²) >= 11 is 9.39. The lowest BCUT2D eigenvalue weighted by molar-refractivity contribution is -0.143. The molecule has 1 spiro atoms. The topological polar surface area (TPSA) is 55.9 Å². The zero-order chi connectivity index (χ0) is 23.4. The Morgan fingerprint density at radius 1 is 0.971 bits per heavy atom. The number of carbonyl (C=O) groups excluding carboxylic acids is 2. The van der Waals surface area contributed by atoms with Crippen LogP contribution in [-0.4, -0.2) is 33.5 Å². The summed E-state index contributed by atoms with van der Waals surface area (Å²) in [6.45, 7) is 0.931. The number of rotatable bonds is 3. The van der Waals surface area contributed by atoms with Gasteiger partial charge in [0.25, 0.3) is 5.91 Å². The van der Waals surface area contributed by atoms with Crippen molar-refractivity contribution < 1.29 is 9.59 Å². The van der Waals surface area contributed by atoms with Crippen LogP contribution in [0.4, 0.5) is 5.69 Å². The largest absolute Gasteiger partial charge is 0.341 e. The van der Waals surface area contributed by atoms with Crippen molar-refractivity contribution in [3.8, 4) is 0 Å². The number of fused-ring (bicyclic) bond motifs is 3. The predicted molar refractivity (Wildman–Crippen MR) is 137 cm³/mol. The van der Waals surface area contributed by atoms with Crippen LogP contribution in [0.1, 0.15) is 29.2 Å². The minimum atomic E-state index is -1.17. The number of para-hydroxylation sites is 1. The second-order valence-corrected chi connectivity index (χ2v) is 9.92. The van der Waals surface area contributed by atoms with Gasteiger partial charge in [-0.05, 0) is 35.5 Å². The summed E-state index contributed by atoms with van der Waals surface area (Å²) < 4.78 is 0.875. The molecule has 6 nitrogen and oxygen atoms in total. The zero-order valence-electron chi connectivity index (χ0n) is 18.1. The highest BCUT2D eigenvalue weighted by atomic mass is 79.9. The maximum absolute atomic E-state index is 14.5. The number of nitrogens with zero attached hydrogens (tertiary/aromatic N) is 3. The molecule has 2 saturated heterocycles. The van der Waals surface area contributed by atoms with Crippen molar-refractivity contribution >= 4 is 50.8 Å². The van der Waals surface area contributed by atoms with Crippen molar-refractivity contribution in [1.29, 1.82) is 0 Å². The summed E-state index contributed by atoms with van der Waals surface area (Å²) in [5.74, 6) is -0.149. The number of hydrogen-bond acceptors (Lipinski definition) is 4. The van der Waals surface area contributed by atoms with Crippen LogP contribution >= 0.6 is 28.1 Å². The molecule has 3 aliphatic rings. The lowest BCUT2D eigenvalue weighted by Gasteiger charge is -2.50. The molecule has 0 unspecified atom stereocenters. The first-order valence-electron chi connectivity index (χ1n) is 11.1. The Bertz CT molecular complexity index is 1330. The van der Waals surface area contributed by atoms with Crippen molar-refractivity contribution in [3.63, 3.8) is 0 Å². The SMILES string of the molecule is O=C1CCN2[C@@H](c3ccccc3Br)[C@@]3(NC(=S)N12)C(=O)N(Cc1ccccc1)c1ccccc13. The van der Waals surface area contributed by atoms with Gasteiger partial charge in [-0.25, -0.2) is 10.0 Å². The number of anilines is 1. The summed E-state index contributed by atoms with van der Waals surface area (Å²) in [5.41, 5.74) is 2.49. The van der Waals surface area contributed by atoms with Gasteiger partial charge in [-0.3, -0.25) is 9.59 Å². The molecule has 2 fully saturated rings. The van der Waals surface area contributed by atoms with Gasteiger partial charge in [-0.2, -0.15) is 0 Å². The van der Waals surface area contributed by atoms with Gasteiger partial charge in [0.2, 0.25) is 5.91 Å². The Kier molecular flexibility index (Phi) is 5.05. The maximum atomic E-state index is 14.5. The summed E-state index contributed by atoms with van der Waals surface area (Å²) in [7, 11) is 0. The number of halogens is 1. The fourth-order valence-electron chi connectivity index (χ4n) is 5.43. The molecule has 2 amide bonds. The van der Waals surface area contributed by atoms with Crippen molar-refractivity contribution in [1.82, 2.24) is 15.3 Å². The third kappa shape index (κ3) is 2.99. The third-order valence-corrected chi connectivity index (χ3v) is 7.84. The highest BCUT2D eigenvalue weighted by Crippen LogP contribution is 2.53. The second kappa shape index (κ2) is 8.01. The molecule has 6 rings (SSSR count). The maximum Gasteiger partial charge on any atom is 0.259 e. The Balaban J connectivity index is 1.57. The molecule has 8 heteroatoms. The van der Waals surface area contributed by atoms with Crippen molar-refractivity contribution in [3.05, 3.63) is 100 Å². The van der Waals surface area contributed by atoms with Crippen LogP contribution in [0.5, 0.6) is 0 Å². The van der Waals surface area contributed by atoms with E-state index in [-0.39, 0.29) is 16.9 Å². The molecular weight excluding hydrogens is 512 g/mol. The monoisotopic (exact) mass is 532 g/mol. The van der Waals surface area contributed by atoms with Gasteiger partial charge in [0.05, 0.1) is 18.3 Å². The Hall–Kier alpha value is -3.07. The number of amides is 2. The molecule has 0 radical (unpaired) electrons. The van der Waals surface area contributed by atoms with Crippen molar-refractivity contribution in [2.45, 2.75) is 24.5 Å². The van der Waals surface area contributed by atoms with Gasteiger partial charge < -0.3 is 10.2 Å². The number of carbonyl (C=O) groups is 2. The summed E-state index contributed by atoms with van der Waals surface area (Å²) in [4.78, 5) is 29.1. The van der Waals surface area contributed by atoms with Gasteiger partial charge >= 0.3 is 0 Å². The van der Waals surface area contributed by atoms with E-state index in [1.807, 2.05) is 88.8 Å². The predicted octanol–water partition coefficient (Wildman–Crippen LogP) is 4.27. The summed E-state index contributed by atoms with van der Waals surface area (Å²) in [6, 6.07) is 25.2. The average molecular weight is 533 g/mol. The van der Waals surface area contributed by atoms with E-state index in [0.29, 0.717) is 19.5 Å². The Morgan fingerprint density at radius 3 is 2.47 bits per heavy atom. The van der Waals surface area contributed by atoms with Gasteiger partial charge in [0.15, 0.2) is 10.7 Å². The standard InChI is InChI=1S/C26H21BrN4O2S/c27-20-12-6-4-10-18(20)23-26(28-25(34)31-22(32)14-15-30(23)31)19-11-5-7-13-21(19)29(24(26)33)16-17-8-2-1-3-9-17/h1-13,23H,14-16H2,(H,28,34)/t23-,26+/m0/s1. The van der Waals surface area contributed by atoms with Crippen molar-refractivity contribution in [2.24, 2.45) is 0 Å². The minimum Gasteiger partial charge on any atom is -0.341 e. The smallest absolute Gasteiger partial charge is 0.259 e. The summed E-state index contributed by atoms with van der Waals surface area (Å²) in [6.07, 6.45) is 0.350. The lowest BCUT2D eigenvalue weighted by atomic mass is 9.79. The molecule has 0 saturated carbocycles. The molecule has 0 bridgehead atoms. The molecule has 170 valence electrons. The lowest BCUT2D eigenvalue weighted by Crippen LogP contribution is -2.69. The van der Waals surface area contributed by atoms with Gasteiger partial charge in [-0.1, -0.05) is 82.7 Å². The van der Waals surface area contributed by atoms with Gasteiger partial charge in [0.1, 0.15) is 0 Å². The molecule has 3 aromatic carbocycles. The van der Waals surface area contributed by atoms with Crippen LogP contribution < -0.4 is 10.2 Å². The molecule has 1 N–H and O–H groups in total. The highest BCUT2D eigenvalue weighted by molar-refractivity contribution is 9.10. The average Bonchev–Trinajstić information content (AvgIpc) is 3.34. The Morgan fingerprint density at radius 2 is 1.68 bits per heavy atom.